The Bertz CT molecular complexity index is 280. The Morgan fingerprint density at radius 2 is 2.50 bits per heavy atom. The number of carboxylic acid groups (broad SMARTS) is 1. The summed E-state index contributed by atoms with van der Waals surface area (Å²) >= 11 is 3.14. The first kappa shape index (κ1) is 9.32. The number of rotatable bonds is 3. The predicted molar refractivity (Wildman–Crippen MR) is 46.9 cm³/mol. The molecule has 0 aromatic carbocycles. The number of carboxylic acids is 1. The summed E-state index contributed by atoms with van der Waals surface area (Å²) in [6.07, 6.45) is 2.06. The third kappa shape index (κ3) is 2.37. The molecule has 0 saturated heterocycles. The molecule has 0 aliphatic carbocycles. The number of halogens is 1. The Hall–Kier alpha value is -0.770. The van der Waals surface area contributed by atoms with Gasteiger partial charge in [0.15, 0.2) is 4.67 Å². The first-order chi connectivity index (χ1) is 5.59. The van der Waals surface area contributed by atoms with Crippen molar-refractivity contribution in [3.8, 4) is 0 Å². The molecular formula is C8H9BrO3. The van der Waals surface area contributed by atoms with Gasteiger partial charge >= 0.3 is 5.97 Å². The van der Waals surface area contributed by atoms with Gasteiger partial charge in [0.05, 0.1) is 12.2 Å². The zero-order valence-electron chi connectivity index (χ0n) is 6.58. The summed E-state index contributed by atoms with van der Waals surface area (Å²) in [4.78, 5) is 10.5. The van der Waals surface area contributed by atoms with Crippen LogP contribution in [0.5, 0.6) is 0 Å². The summed E-state index contributed by atoms with van der Waals surface area (Å²) in [5.74, 6) is -1.15. The molecule has 4 heteroatoms. The van der Waals surface area contributed by atoms with Gasteiger partial charge in [-0.3, -0.25) is 4.79 Å². The molecule has 0 saturated carbocycles. The van der Waals surface area contributed by atoms with Gasteiger partial charge in [-0.25, -0.2) is 0 Å². The third-order valence-electron chi connectivity index (χ3n) is 1.59. The van der Waals surface area contributed by atoms with Crippen molar-refractivity contribution in [3.05, 3.63) is 22.6 Å². The molecule has 66 valence electrons. The second-order valence-electron chi connectivity index (χ2n) is 2.70. The van der Waals surface area contributed by atoms with E-state index in [0.717, 1.165) is 5.56 Å². The van der Waals surface area contributed by atoms with E-state index in [0.29, 0.717) is 11.1 Å². The molecule has 1 rings (SSSR count). The van der Waals surface area contributed by atoms with Crippen LogP contribution in [0.25, 0.3) is 0 Å². The second-order valence-corrected chi connectivity index (χ2v) is 3.48. The monoisotopic (exact) mass is 232 g/mol. The number of aliphatic carboxylic acids is 1. The molecule has 0 amide bonds. The van der Waals surface area contributed by atoms with Crippen molar-refractivity contribution in [1.29, 1.82) is 0 Å². The number of furan rings is 1. The van der Waals surface area contributed by atoms with Crippen molar-refractivity contribution in [3.63, 3.8) is 0 Å². The lowest BCUT2D eigenvalue weighted by molar-refractivity contribution is -0.141. The fraction of sp³-hybridized carbons (Fsp3) is 0.375. The Morgan fingerprint density at radius 3 is 2.92 bits per heavy atom. The van der Waals surface area contributed by atoms with Crippen LogP contribution in [0.2, 0.25) is 0 Å². The number of hydrogen-bond acceptors (Lipinski definition) is 2. The van der Waals surface area contributed by atoms with Crippen LogP contribution in [0, 0.1) is 5.92 Å². The van der Waals surface area contributed by atoms with E-state index in [1.54, 1.807) is 19.3 Å². The van der Waals surface area contributed by atoms with Gasteiger partial charge in [0, 0.05) is 0 Å². The normalized spacial score (nSPS) is 12.8. The second kappa shape index (κ2) is 3.76. The molecule has 1 atom stereocenters. The summed E-state index contributed by atoms with van der Waals surface area (Å²) in [5.41, 5.74) is 0.900. The zero-order valence-corrected chi connectivity index (χ0v) is 8.17. The van der Waals surface area contributed by atoms with Gasteiger partial charge < -0.3 is 9.52 Å². The van der Waals surface area contributed by atoms with Crippen molar-refractivity contribution in [2.24, 2.45) is 5.92 Å². The average Bonchev–Trinajstić information content (AvgIpc) is 2.35. The highest BCUT2D eigenvalue weighted by atomic mass is 79.9. The summed E-state index contributed by atoms with van der Waals surface area (Å²) in [6, 6.07) is 1.78. The Kier molecular flexibility index (Phi) is 2.92. The average molecular weight is 233 g/mol. The van der Waals surface area contributed by atoms with Crippen LogP contribution in [0.1, 0.15) is 12.5 Å². The maximum absolute atomic E-state index is 10.5. The van der Waals surface area contributed by atoms with Gasteiger partial charge in [-0.1, -0.05) is 6.92 Å². The largest absolute Gasteiger partial charge is 0.481 e. The highest BCUT2D eigenvalue weighted by Crippen LogP contribution is 2.17. The summed E-state index contributed by atoms with van der Waals surface area (Å²) in [6.45, 7) is 1.67. The van der Waals surface area contributed by atoms with E-state index in [9.17, 15) is 4.79 Å². The molecule has 1 aromatic rings. The quantitative estimate of drug-likeness (QED) is 0.871. The van der Waals surface area contributed by atoms with Gasteiger partial charge in [-0.05, 0) is 34.0 Å². The van der Waals surface area contributed by atoms with Crippen molar-refractivity contribution in [2.45, 2.75) is 13.3 Å². The molecular weight excluding hydrogens is 224 g/mol. The van der Waals surface area contributed by atoms with Crippen LogP contribution in [0.3, 0.4) is 0 Å². The zero-order chi connectivity index (χ0) is 9.14. The molecule has 0 radical (unpaired) electrons. The third-order valence-corrected chi connectivity index (χ3v) is 2.00. The van der Waals surface area contributed by atoms with Crippen LogP contribution in [-0.4, -0.2) is 11.1 Å². The minimum absolute atomic E-state index is 0.366. The summed E-state index contributed by atoms with van der Waals surface area (Å²) < 4.78 is 5.60. The van der Waals surface area contributed by atoms with Crippen LogP contribution in [0.15, 0.2) is 21.4 Å². The van der Waals surface area contributed by atoms with Gasteiger partial charge in [0.1, 0.15) is 0 Å². The molecule has 3 nitrogen and oxygen atoms in total. The lowest BCUT2D eigenvalue weighted by Crippen LogP contribution is -2.11. The molecule has 1 unspecified atom stereocenters. The van der Waals surface area contributed by atoms with Gasteiger partial charge in [0.2, 0.25) is 0 Å². The standard InChI is InChI=1S/C8H9BrO3/c1-5(8(10)11)2-6-3-7(9)12-4-6/h3-5H,2H2,1H3,(H,10,11). The first-order valence-corrected chi connectivity index (χ1v) is 4.34. The van der Waals surface area contributed by atoms with Crippen LogP contribution >= 0.6 is 15.9 Å². The first-order valence-electron chi connectivity index (χ1n) is 3.55. The summed E-state index contributed by atoms with van der Waals surface area (Å²) in [7, 11) is 0. The van der Waals surface area contributed by atoms with E-state index in [4.69, 9.17) is 9.52 Å². The van der Waals surface area contributed by atoms with Crippen molar-refractivity contribution >= 4 is 21.9 Å². The molecule has 0 aliphatic heterocycles. The smallest absolute Gasteiger partial charge is 0.306 e. The SMILES string of the molecule is CC(Cc1coc(Br)c1)C(=O)O. The maximum atomic E-state index is 10.5. The highest BCUT2D eigenvalue weighted by molar-refractivity contribution is 9.10. The molecule has 0 spiro atoms. The lowest BCUT2D eigenvalue weighted by atomic mass is 10.0. The minimum atomic E-state index is -0.785. The van der Waals surface area contributed by atoms with Crippen molar-refractivity contribution < 1.29 is 14.3 Å². The van der Waals surface area contributed by atoms with Crippen LogP contribution < -0.4 is 0 Å². The molecule has 1 heterocycles. The topological polar surface area (TPSA) is 50.4 Å². The Balaban J connectivity index is 2.58. The predicted octanol–water partition coefficient (Wildman–Crippen LogP) is 2.31. The number of carbonyl (C=O) groups is 1. The lowest BCUT2D eigenvalue weighted by Gasteiger charge is -2.01. The van der Waals surface area contributed by atoms with Gasteiger partial charge in [-0.2, -0.15) is 0 Å². The fourth-order valence-electron chi connectivity index (χ4n) is 0.894. The molecule has 0 bridgehead atoms. The molecule has 1 N–H and O–H groups in total. The van der Waals surface area contributed by atoms with Crippen LogP contribution in [0.4, 0.5) is 0 Å². The van der Waals surface area contributed by atoms with Gasteiger partial charge in [0.25, 0.3) is 0 Å². The van der Waals surface area contributed by atoms with Gasteiger partial charge in [-0.15, -0.1) is 0 Å². The minimum Gasteiger partial charge on any atom is -0.481 e. The van der Waals surface area contributed by atoms with E-state index in [1.165, 1.54) is 0 Å². The molecule has 0 aliphatic rings. The van der Waals surface area contributed by atoms with E-state index in [2.05, 4.69) is 15.9 Å². The van der Waals surface area contributed by atoms with E-state index < -0.39 is 5.97 Å². The highest BCUT2D eigenvalue weighted by Gasteiger charge is 2.12. The molecule has 1 aromatic heterocycles. The van der Waals surface area contributed by atoms with E-state index in [-0.39, 0.29) is 5.92 Å². The Morgan fingerprint density at radius 1 is 1.83 bits per heavy atom. The van der Waals surface area contributed by atoms with E-state index in [1.807, 2.05) is 0 Å². The van der Waals surface area contributed by atoms with Crippen LogP contribution in [-0.2, 0) is 11.2 Å². The summed E-state index contributed by atoms with van der Waals surface area (Å²) in [5, 5.41) is 8.61. The van der Waals surface area contributed by atoms with Crippen molar-refractivity contribution in [1.82, 2.24) is 0 Å². The fourth-order valence-corrected chi connectivity index (χ4v) is 1.28. The van der Waals surface area contributed by atoms with Crippen molar-refractivity contribution in [2.75, 3.05) is 0 Å². The molecule has 0 fully saturated rings. The Labute approximate surface area is 78.5 Å². The molecule has 12 heavy (non-hydrogen) atoms. The van der Waals surface area contributed by atoms with E-state index >= 15 is 0 Å². The maximum Gasteiger partial charge on any atom is 0.306 e. The number of hydrogen-bond donors (Lipinski definition) is 1.